The Hall–Kier alpha value is -3.55. The molecule has 2 aliphatic heterocycles. The predicted molar refractivity (Wildman–Crippen MR) is 128 cm³/mol. The van der Waals surface area contributed by atoms with Gasteiger partial charge in [-0.2, -0.15) is 13.2 Å². The number of benzene rings is 2. The van der Waals surface area contributed by atoms with Crippen molar-refractivity contribution in [3.8, 4) is 0 Å². The standard InChI is InChI=1S/C27H27F4N3O/c1-18(16-32-19(2)22-15-21(27(29,30)31)9-10-24(22)28)34-13-11-26(12-14-34)23(17-33(3)25(26)35)20-7-5-4-6-8-20/h4-10,15,17,32H,1-2,11-14,16H2,3H3. The second-order valence-corrected chi connectivity index (χ2v) is 8.98. The maximum absolute atomic E-state index is 14.2. The average Bonchev–Trinajstić information content (AvgIpc) is 3.08. The van der Waals surface area contributed by atoms with E-state index in [1.165, 1.54) is 0 Å². The third-order valence-corrected chi connectivity index (χ3v) is 6.84. The minimum atomic E-state index is -4.57. The summed E-state index contributed by atoms with van der Waals surface area (Å²) in [6, 6.07) is 12.1. The lowest BCUT2D eigenvalue weighted by atomic mass is 9.71. The first-order valence-electron chi connectivity index (χ1n) is 11.3. The second kappa shape index (κ2) is 9.24. The molecule has 0 bridgehead atoms. The Morgan fingerprint density at radius 1 is 1.09 bits per heavy atom. The summed E-state index contributed by atoms with van der Waals surface area (Å²) >= 11 is 0. The molecule has 4 rings (SSSR count). The van der Waals surface area contributed by atoms with Crippen molar-refractivity contribution < 1.29 is 22.4 Å². The van der Waals surface area contributed by atoms with E-state index < -0.39 is 23.0 Å². The zero-order valence-electron chi connectivity index (χ0n) is 19.5. The molecular weight excluding hydrogens is 458 g/mol. The van der Waals surface area contributed by atoms with Crippen LogP contribution in [0.1, 0.15) is 29.5 Å². The Morgan fingerprint density at radius 2 is 1.74 bits per heavy atom. The molecule has 2 aromatic carbocycles. The number of piperidine rings is 1. The fourth-order valence-corrected chi connectivity index (χ4v) is 4.83. The van der Waals surface area contributed by atoms with E-state index in [4.69, 9.17) is 0 Å². The van der Waals surface area contributed by atoms with Gasteiger partial charge in [0.05, 0.1) is 17.5 Å². The highest BCUT2D eigenvalue weighted by molar-refractivity contribution is 6.01. The highest BCUT2D eigenvalue weighted by Crippen LogP contribution is 2.49. The molecule has 1 N–H and O–H groups in total. The molecule has 8 heteroatoms. The fraction of sp³-hybridized carbons (Fsp3) is 0.296. The van der Waals surface area contributed by atoms with Crippen LogP contribution in [0.4, 0.5) is 17.6 Å². The molecule has 0 radical (unpaired) electrons. The minimum absolute atomic E-state index is 0.0464. The van der Waals surface area contributed by atoms with E-state index in [1.807, 2.05) is 41.4 Å². The molecule has 0 unspecified atom stereocenters. The van der Waals surface area contributed by atoms with Crippen molar-refractivity contribution in [3.05, 3.63) is 96.1 Å². The topological polar surface area (TPSA) is 35.6 Å². The molecule has 1 spiro atoms. The number of halogens is 4. The van der Waals surface area contributed by atoms with Gasteiger partial charge in [0.1, 0.15) is 5.82 Å². The van der Waals surface area contributed by atoms with Crippen LogP contribution in [0.2, 0.25) is 0 Å². The van der Waals surface area contributed by atoms with Crippen molar-refractivity contribution in [1.82, 2.24) is 15.1 Å². The van der Waals surface area contributed by atoms with E-state index in [9.17, 15) is 22.4 Å². The normalized spacial score (nSPS) is 17.5. The minimum Gasteiger partial charge on any atom is -0.379 e. The summed E-state index contributed by atoms with van der Waals surface area (Å²) in [6.07, 6.45) is -1.44. The molecule has 0 atom stereocenters. The molecule has 35 heavy (non-hydrogen) atoms. The highest BCUT2D eigenvalue weighted by atomic mass is 19.4. The van der Waals surface area contributed by atoms with Crippen LogP contribution in [0.15, 0.2) is 73.6 Å². The van der Waals surface area contributed by atoms with Crippen LogP contribution in [0, 0.1) is 11.2 Å². The van der Waals surface area contributed by atoms with Crippen molar-refractivity contribution >= 4 is 17.2 Å². The molecule has 0 aliphatic carbocycles. The van der Waals surface area contributed by atoms with Gasteiger partial charge in [0.25, 0.3) is 0 Å². The third kappa shape index (κ3) is 4.70. The van der Waals surface area contributed by atoms with Crippen LogP contribution in [-0.4, -0.2) is 42.4 Å². The molecule has 2 aliphatic rings. The average molecular weight is 486 g/mol. The lowest BCUT2D eigenvalue weighted by Gasteiger charge is -2.41. The molecule has 0 saturated carbocycles. The van der Waals surface area contributed by atoms with Gasteiger partial charge >= 0.3 is 6.18 Å². The van der Waals surface area contributed by atoms with Crippen molar-refractivity contribution in [2.75, 3.05) is 26.7 Å². The predicted octanol–water partition coefficient (Wildman–Crippen LogP) is 5.51. The number of likely N-dealkylation sites (tertiary alicyclic amines) is 1. The quantitative estimate of drug-likeness (QED) is 0.548. The molecule has 4 nitrogen and oxygen atoms in total. The maximum atomic E-state index is 14.2. The number of alkyl halides is 3. The van der Waals surface area contributed by atoms with Gasteiger partial charge in [0.2, 0.25) is 5.91 Å². The summed E-state index contributed by atoms with van der Waals surface area (Å²) in [6.45, 7) is 9.17. The van der Waals surface area contributed by atoms with Gasteiger partial charge in [0, 0.05) is 43.3 Å². The Bertz CT molecular complexity index is 1180. The number of carbonyl (C=O) groups excluding carboxylic acids is 1. The van der Waals surface area contributed by atoms with Crippen molar-refractivity contribution in [2.24, 2.45) is 5.41 Å². The number of nitrogens with zero attached hydrogens (tertiary/aromatic N) is 2. The van der Waals surface area contributed by atoms with Crippen LogP contribution in [0.5, 0.6) is 0 Å². The van der Waals surface area contributed by atoms with E-state index >= 15 is 0 Å². The van der Waals surface area contributed by atoms with Crippen LogP contribution in [0.3, 0.4) is 0 Å². The summed E-state index contributed by atoms with van der Waals surface area (Å²) in [7, 11) is 1.77. The molecule has 184 valence electrons. The van der Waals surface area contributed by atoms with Crippen LogP contribution < -0.4 is 5.32 Å². The molecule has 0 aromatic heterocycles. The number of rotatable bonds is 6. The largest absolute Gasteiger partial charge is 0.416 e. The first kappa shape index (κ1) is 24.6. The molecule has 1 saturated heterocycles. The summed E-state index contributed by atoms with van der Waals surface area (Å²) in [5, 5.41) is 2.90. The van der Waals surface area contributed by atoms with Gasteiger partial charge in [0.15, 0.2) is 0 Å². The molecule has 1 fully saturated rings. The summed E-state index contributed by atoms with van der Waals surface area (Å²) in [5.74, 6) is -0.710. The maximum Gasteiger partial charge on any atom is 0.416 e. The third-order valence-electron chi connectivity index (χ3n) is 6.84. The van der Waals surface area contributed by atoms with Gasteiger partial charge < -0.3 is 15.1 Å². The first-order valence-corrected chi connectivity index (χ1v) is 11.3. The number of amides is 1. The van der Waals surface area contributed by atoms with Crippen molar-refractivity contribution in [2.45, 2.75) is 19.0 Å². The van der Waals surface area contributed by atoms with Gasteiger partial charge in [-0.05, 0) is 42.2 Å². The van der Waals surface area contributed by atoms with Gasteiger partial charge in [-0.15, -0.1) is 0 Å². The number of carbonyl (C=O) groups is 1. The van der Waals surface area contributed by atoms with Crippen LogP contribution in [-0.2, 0) is 11.0 Å². The zero-order chi connectivity index (χ0) is 25.4. The number of nitrogens with one attached hydrogen (secondary N) is 1. The van der Waals surface area contributed by atoms with E-state index in [0.717, 1.165) is 23.3 Å². The van der Waals surface area contributed by atoms with Gasteiger partial charge in [-0.25, -0.2) is 4.39 Å². The van der Waals surface area contributed by atoms with E-state index in [0.29, 0.717) is 37.7 Å². The second-order valence-electron chi connectivity index (χ2n) is 8.98. The van der Waals surface area contributed by atoms with Crippen molar-refractivity contribution in [3.63, 3.8) is 0 Å². The van der Waals surface area contributed by atoms with E-state index in [2.05, 4.69) is 18.5 Å². The van der Waals surface area contributed by atoms with E-state index in [-0.39, 0.29) is 23.7 Å². The highest BCUT2D eigenvalue weighted by Gasteiger charge is 2.49. The van der Waals surface area contributed by atoms with Crippen LogP contribution >= 0.6 is 0 Å². The van der Waals surface area contributed by atoms with Gasteiger partial charge in [-0.3, -0.25) is 4.79 Å². The Morgan fingerprint density at radius 3 is 2.37 bits per heavy atom. The molecule has 1 amide bonds. The summed E-state index contributed by atoms with van der Waals surface area (Å²) in [5.41, 5.74) is 1.02. The van der Waals surface area contributed by atoms with Crippen molar-refractivity contribution in [1.29, 1.82) is 0 Å². The monoisotopic (exact) mass is 485 g/mol. The van der Waals surface area contributed by atoms with E-state index in [1.54, 1.807) is 11.9 Å². The Balaban J connectivity index is 1.40. The van der Waals surface area contributed by atoms with Gasteiger partial charge in [-0.1, -0.05) is 43.5 Å². The number of hydrogen-bond donors (Lipinski definition) is 1. The summed E-state index contributed by atoms with van der Waals surface area (Å²) < 4.78 is 53.2. The fourth-order valence-electron chi connectivity index (χ4n) is 4.83. The first-order chi connectivity index (χ1) is 16.5. The Kier molecular flexibility index (Phi) is 6.49. The lowest BCUT2D eigenvalue weighted by Crippen LogP contribution is -2.46. The lowest BCUT2D eigenvalue weighted by molar-refractivity contribution is -0.137. The summed E-state index contributed by atoms with van der Waals surface area (Å²) in [4.78, 5) is 16.8. The SMILES string of the molecule is C=C(NCC(=C)N1CCC2(CC1)C(=O)N(C)C=C2c1ccccc1)c1cc(C(F)(F)F)ccc1F. The smallest absolute Gasteiger partial charge is 0.379 e. The Labute approximate surface area is 202 Å². The molecular formula is C27H27F4N3O. The zero-order valence-corrected chi connectivity index (χ0v) is 19.5. The van der Waals surface area contributed by atoms with Crippen LogP contribution in [0.25, 0.3) is 11.3 Å². The molecule has 2 aromatic rings. The molecule has 2 heterocycles. The number of hydrogen-bond acceptors (Lipinski definition) is 3.